The van der Waals surface area contributed by atoms with Crippen molar-refractivity contribution >= 4 is 17.9 Å². The highest BCUT2D eigenvalue weighted by atomic mass is 19.4. The van der Waals surface area contributed by atoms with Crippen LogP contribution in [0.4, 0.5) is 28.4 Å². The fourth-order valence-electron chi connectivity index (χ4n) is 5.28. The Kier molecular flexibility index (Phi) is 7.33. The first kappa shape index (κ1) is 25.4. The number of hydrogen-bond acceptors (Lipinski definition) is 4. The van der Waals surface area contributed by atoms with E-state index in [1.54, 1.807) is 18.7 Å². The minimum Gasteiger partial charge on any atom is -0.453 e. The van der Waals surface area contributed by atoms with Crippen molar-refractivity contribution in [3.8, 4) is 0 Å². The lowest BCUT2D eigenvalue weighted by molar-refractivity contribution is -0.137. The molecule has 0 saturated heterocycles. The third kappa shape index (κ3) is 5.59. The molecule has 35 heavy (non-hydrogen) atoms. The number of amides is 2. The number of benzene rings is 1. The molecule has 192 valence electrons. The van der Waals surface area contributed by atoms with Gasteiger partial charge in [-0.15, -0.1) is 0 Å². The predicted octanol–water partition coefficient (Wildman–Crippen LogP) is 6.70. The van der Waals surface area contributed by atoms with Crippen LogP contribution >= 0.6 is 0 Å². The van der Waals surface area contributed by atoms with Crippen LogP contribution in [-0.4, -0.2) is 42.9 Å². The van der Waals surface area contributed by atoms with Crippen LogP contribution in [0.15, 0.2) is 30.4 Å². The van der Waals surface area contributed by atoms with Crippen LogP contribution in [0.1, 0.15) is 69.5 Å². The number of methoxy groups -OCH3 is 1. The molecule has 0 radical (unpaired) electrons. The normalized spacial score (nSPS) is 24.2. The van der Waals surface area contributed by atoms with Crippen molar-refractivity contribution < 1.29 is 32.2 Å². The van der Waals surface area contributed by atoms with Crippen LogP contribution in [0.2, 0.25) is 0 Å². The summed E-state index contributed by atoms with van der Waals surface area (Å²) in [5.41, 5.74) is -0.142. The molecule has 1 saturated carbocycles. The largest absolute Gasteiger partial charge is 0.453 e. The standard InChI is InChI=1S/C26H33F3N2O4/c1-16(2)35-25(33)31-21-12-11-19(26(27,28)29)13-20(21)23(14-22(31)18-9-10-18)30(24(32)34-3)15-17-7-5-4-6-8-17/h4-5,11-13,16-18,22-23H,6-10,14-15H2,1-3H3. The number of allylic oxidation sites excluding steroid dienone is 2. The smallest absolute Gasteiger partial charge is 0.416 e. The van der Waals surface area contributed by atoms with Crippen LogP contribution in [0.5, 0.6) is 0 Å². The van der Waals surface area contributed by atoms with Gasteiger partial charge < -0.3 is 14.4 Å². The lowest BCUT2D eigenvalue weighted by atomic mass is 9.85. The van der Waals surface area contributed by atoms with Crippen molar-refractivity contribution in [3.63, 3.8) is 0 Å². The Morgan fingerprint density at radius 1 is 1.17 bits per heavy atom. The second-order valence-corrected chi connectivity index (χ2v) is 10.0. The van der Waals surface area contributed by atoms with E-state index in [2.05, 4.69) is 12.2 Å². The van der Waals surface area contributed by atoms with Crippen LogP contribution < -0.4 is 4.90 Å². The van der Waals surface area contributed by atoms with Crippen molar-refractivity contribution in [3.05, 3.63) is 41.5 Å². The maximum atomic E-state index is 13.7. The molecule has 0 aromatic heterocycles. The second kappa shape index (κ2) is 10.1. The third-order valence-corrected chi connectivity index (χ3v) is 7.09. The Labute approximate surface area is 204 Å². The highest BCUT2D eigenvalue weighted by Crippen LogP contribution is 2.50. The topological polar surface area (TPSA) is 59.1 Å². The number of carbonyl (C=O) groups is 2. The van der Waals surface area contributed by atoms with E-state index in [1.807, 2.05) is 0 Å². The van der Waals surface area contributed by atoms with Gasteiger partial charge >= 0.3 is 18.4 Å². The Morgan fingerprint density at radius 2 is 1.91 bits per heavy atom. The van der Waals surface area contributed by atoms with E-state index in [0.29, 0.717) is 24.2 Å². The Hall–Kier alpha value is -2.71. The van der Waals surface area contributed by atoms with Gasteiger partial charge in [-0.25, -0.2) is 9.59 Å². The summed E-state index contributed by atoms with van der Waals surface area (Å²) in [5, 5.41) is 0. The average Bonchev–Trinajstić information content (AvgIpc) is 3.66. The summed E-state index contributed by atoms with van der Waals surface area (Å²) in [5.74, 6) is 0.404. The SMILES string of the molecule is COC(=O)N(CC1CC=CCC1)C1CC(C2CC2)N(C(=O)OC(C)C)c2ccc(C(F)(F)F)cc21. The number of fused-ring (bicyclic) bond motifs is 1. The maximum absolute atomic E-state index is 13.7. The second-order valence-electron chi connectivity index (χ2n) is 10.0. The van der Waals surface area contributed by atoms with E-state index in [-0.39, 0.29) is 24.0 Å². The van der Waals surface area contributed by atoms with Gasteiger partial charge in [0.05, 0.1) is 30.5 Å². The molecule has 2 aliphatic carbocycles. The van der Waals surface area contributed by atoms with Gasteiger partial charge in [-0.2, -0.15) is 13.2 Å². The van der Waals surface area contributed by atoms with E-state index in [1.165, 1.54) is 18.1 Å². The number of nitrogens with zero attached hydrogens (tertiary/aromatic N) is 2. The minimum absolute atomic E-state index is 0.191. The van der Waals surface area contributed by atoms with E-state index >= 15 is 0 Å². The van der Waals surface area contributed by atoms with Gasteiger partial charge in [-0.05, 0) is 88.0 Å². The molecule has 3 atom stereocenters. The van der Waals surface area contributed by atoms with Crippen molar-refractivity contribution in [2.24, 2.45) is 11.8 Å². The summed E-state index contributed by atoms with van der Waals surface area (Å²) >= 11 is 0. The molecule has 2 amide bonds. The summed E-state index contributed by atoms with van der Waals surface area (Å²) in [6, 6.07) is 2.51. The van der Waals surface area contributed by atoms with E-state index < -0.39 is 30.0 Å². The number of anilines is 1. The van der Waals surface area contributed by atoms with Crippen molar-refractivity contribution in [2.45, 2.75) is 76.7 Å². The summed E-state index contributed by atoms with van der Waals surface area (Å²) in [6.07, 6.45) is 2.89. The molecule has 1 heterocycles. The Bertz CT molecular complexity index is 974. The summed E-state index contributed by atoms with van der Waals surface area (Å²) in [7, 11) is 1.29. The molecular weight excluding hydrogens is 461 g/mol. The summed E-state index contributed by atoms with van der Waals surface area (Å²) in [4.78, 5) is 29.2. The Morgan fingerprint density at radius 3 is 2.49 bits per heavy atom. The van der Waals surface area contributed by atoms with Crippen LogP contribution in [0.25, 0.3) is 0 Å². The van der Waals surface area contributed by atoms with Gasteiger partial charge in [-0.1, -0.05) is 12.2 Å². The number of rotatable bonds is 5. The molecule has 3 aliphatic rings. The molecule has 9 heteroatoms. The van der Waals surface area contributed by atoms with Crippen LogP contribution in [0, 0.1) is 11.8 Å². The van der Waals surface area contributed by atoms with Gasteiger partial charge in [0.1, 0.15) is 0 Å². The van der Waals surface area contributed by atoms with E-state index in [4.69, 9.17) is 9.47 Å². The predicted molar refractivity (Wildman–Crippen MR) is 125 cm³/mol. The van der Waals surface area contributed by atoms with Crippen LogP contribution in [0.3, 0.4) is 0 Å². The van der Waals surface area contributed by atoms with E-state index in [9.17, 15) is 22.8 Å². The van der Waals surface area contributed by atoms with Gasteiger partial charge in [0.15, 0.2) is 0 Å². The number of alkyl halides is 3. The highest BCUT2D eigenvalue weighted by molar-refractivity contribution is 5.91. The molecule has 1 aliphatic heterocycles. The lowest BCUT2D eigenvalue weighted by Crippen LogP contribution is -2.51. The van der Waals surface area contributed by atoms with Gasteiger partial charge in [0.2, 0.25) is 0 Å². The molecule has 1 aromatic rings. The summed E-state index contributed by atoms with van der Waals surface area (Å²) in [6.45, 7) is 3.86. The monoisotopic (exact) mass is 494 g/mol. The first-order valence-corrected chi connectivity index (χ1v) is 12.3. The first-order chi connectivity index (χ1) is 16.6. The zero-order valence-corrected chi connectivity index (χ0v) is 20.4. The molecule has 0 spiro atoms. The third-order valence-electron chi connectivity index (χ3n) is 7.09. The van der Waals surface area contributed by atoms with Gasteiger partial charge in [-0.3, -0.25) is 4.90 Å². The molecule has 1 fully saturated rings. The molecule has 6 nitrogen and oxygen atoms in total. The fourth-order valence-corrected chi connectivity index (χ4v) is 5.28. The Balaban J connectivity index is 1.80. The summed E-state index contributed by atoms with van der Waals surface area (Å²) < 4.78 is 51.7. The molecule has 4 rings (SSSR count). The number of hydrogen-bond donors (Lipinski definition) is 0. The average molecular weight is 495 g/mol. The van der Waals surface area contributed by atoms with E-state index in [0.717, 1.165) is 44.2 Å². The zero-order chi connectivity index (χ0) is 25.3. The van der Waals surface area contributed by atoms with Gasteiger partial charge in [0, 0.05) is 12.6 Å². The minimum atomic E-state index is -4.56. The molecule has 3 unspecified atom stereocenters. The van der Waals surface area contributed by atoms with Crippen LogP contribution in [-0.2, 0) is 15.7 Å². The molecule has 0 bridgehead atoms. The van der Waals surface area contributed by atoms with Crippen molar-refractivity contribution in [2.75, 3.05) is 18.6 Å². The lowest BCUT2D eigenvalue weighted by Gasteiger charge is -2.45. The zero-order valence-electron chi connectivity index (χ0n) is 20.4. The van der Waals surface area contributed by atoms with Crippen molar-refractivity contribution in [1.82, 2.24) is 4.90 Å². The number of halogens is 3. The quantitative estimate of drug-likeness (QED) is 0.427. The molecule has 0 N–H and O–H groups in total. The molecule has 1 aromatic carbocycles. The first-order valence-electron chi connectivity index (χ1n) is 12.3. The number of ether oxygens (including phenoxy) is 2. The highest BCUT2D eigenvalue weighted by Gasteiger charge is 2.48. The van der Waals surface area contributed by atoms with Crippen molar-refractivity contribution in [1.29, 1.82) is 0 Å². The van der Waals surface area contributed by atoms with Gasteiger partial charge in [0.25, 0.3) is 0 Å². The molecular formula is C26H33F3N2O4. The fraction of sp³-hybridized carbons (Fsp3) is 0.615. The maximum Gasteiger partial charge on any atom is 0.416 e. The number of carbonyl (C=O) groups excluding carboxylic acids is 2.